The Morgan fingerprint density at radius 3 is 0.900 bits per heavy atom. The van der Waals surface area contributed by atoms with E-state index in [9.17, 15) is 0 Å². The zero-order valence-corrected chi connectivity index (χ0v) is 13.5. The second kappa shape index (κ2) is 4.78. The van der Waals surface area contributed by atoms with Crippen LogP contribution in [0.4, 0.5) is 0 Å². The van der Waals surface area contributed by atoms with Crippen LogP contribution in [0.2, 0.25) is 39.3 Å². The molecule has 0 rings (SSSR count). The van der Waals surface area contributed by atoms with Gasteiger partial charge in [-0.15, -0.1) is 7.68 Å². The molecule has 0 nitrogen and oxygen atoms in total. The fourth-order valence-corrected chi connectivity index (χ4v) is 30.4. The Morgan fingerprint density at radius 2 is 0.900 bits per heavy atom. The Hall–Kier alpha value is 1.86. The molecule has 0 radical (unpaired) electrons. The van der Waals surface area contributed by atoms with Crippen molar-refractivity contribution in [3.63, 3.8) is 0 Å². The topological polar surface area (TPSA) is 0 Å². The maximum absolute atomic E-state index is 2.48. The van der Waals surface area contributed by atoms with E-state index in [4.69, 9.17) is 0 Å². The van der Waals surface area contributed by atoms with Crippen molar-refractivity contribution in [1.82, 2.24) is 0 Å². The molecule has 56 valence electrons. The van der Waals surface area contributed by atoms with Crippen molar-refractivity contribution in [2.75, 3.05) is 0 Å². The number of hydrogen-bond donors (Lipinski definition) is 0. The summed E-state index contributed by atoms with van der Waals surface area (Å²) in [7, 11) is -0.0775. The van der Waals surface area contributed by atoms with Crippen LogP contribution in [0.25, 0.3) is 0 Å². The summed E-state index contributed by atoms with van der Waals surface area (Å²) >= 11 is 0. The molecule has 0 aliphatic heterocycles. The fourth-order valence-electron chi connectivity index (χ4n) is 1.12. The standard InChI is InChI=1S/C6H19PSi2.Na/c1-8(2,3)7-9(4,5)6;/h7H,1-6H3;/q;+1. The van der Waals surface area contributed by atoms with Gasteiger partial charge in [0.15, 0.2) is 0 Å². The van der Waals surface area contributed by atoms with Gasteiger partial charge in [-0.05, 0) is 0 Å². The molecular weight excluding hydrogens is 182 g/mol. The van der Waals surface area contributed by atoms with Crippen LogP contribution in [0, 0.1) is 0 Å². The van der Waals surface area contributed by atoms with Crippen LogP contribution in [-0.4, -0.2) is 15.5 Å². The smallest absolute Gasteiger partial charge is 0.145 e. The molecule has 0 spiro atoms. The molecule has 4 heteroatoms. The van der Waals surface area contributed by atoms with Crippen LogP contribution < -0.4 is 29.6 Å². The fraction of sp³-hybridized carbons (Fsp3) is 1.00. The molecule has 0 aromatic heterocycles. The average Bonchev–Trinajstić information content (AvgIpc) is 1.14. The van der Waals surface area contributed by atoms with Crippen molar-refractivity contribution in [2.45, 2.75) is 39.3 Å². The third-order valence-electron chi connectivity index (χ3n) is 0.750. The second-order valence-electron chi connectivity index (χ2n) is 4.62. The van der Waals surface area contributed by atoms with E-state index in [1.54, 1.807) is 0 Å². The van der Waals surface area contributed by atoms with Gasteiger partial charge in [0, 0.05) is 0 Å². The van der Waals surface area contributed by atoms with E-state index in [1.165, 1.54) is 7.68 Å². The predicted molar refractivity (Wildman–Crippen MR) is 55.0 cm³/mol. The minimum Gasteiger partial charge on any atom is -0.145 e. The Morgan fingerprint density at radius 1 is 0.700 bits per heavy atom. The zero-order valence-electron chi connectivity index (χ0n) is 8.50. The molecule has 0 N–H and O–H groups in total. The van der Waals surface area contributed by atoms with Crippen molar-refractivity contribution in [3.05, 3.63) is 0 Å². The molecule has 0 saturated heterocycles. The van der Waals surface area contributed by atoms with Crippen molar-refractivity contribution < 1.29 is 29.6 Å². The molecule has 0 aromatic rings. The van der Waals surface area contributed by atoms with Crippen molar-refractivity contribution >= 4 is 23.2 Å². The van der Waals surface area contributed by atoms with Gasteiger partial charge in [0.2, 0.25) is 0 Å². The van der Waals surface area contributed by atoms with Gasteiger partial charge in [-0.3, -0.25) is 0 Å². The molecule has 0 unspecified atom stereocenters. The Kier molecular flexibility index (Phi) is 6.89. The van der Waals surface area contributed by atoms with Gasteiger partial charge in [-0.2, -0.15) is 0 Å². The molecule has 0 amide bonds. The number of rotatable bonds is 2. The minimum absolute atomic E-state index is 0. The van der Waals surface area contributed by atoms with Crippen LogP contribution in [0.5, 0.6) is 0 Å². The van der Waals surface area contributed by atoms with Gasteiger partial charge in [-0.1, -0.05) is 39.3 Å². The second-order valence-corrected chi connectivity index (χ2v) is 25.9. The molecule has 0 heterocycles. The molecule has 0 bridgehead atoms. The third kappa shape index (κ3) is 12.5. The van der Waals surface area contributed by atoms with Gasteiger partial charge in [0.1, 0.15) is 0 Å². The minimum atomic E-state index is -0.703. The molecule has 10 heavy (non-hydrogen) atoms. The van der Waals surface area contributed by atoms with E-state index in [1.807, 2.05) is 0 Å². The van der Waals surface area contributed by atoms with Crippen molar-refractivity contribution in [2.24, 2.45) is 0 Å². The van der Waals surface area contributed by atoms with Gasteiger partial charge in [0.05, 0.1) is 15.5 Å². The van der Waals surface area contributed by atoms with Crippen LogP contribution >= 0.6 is 7.68 Å². The monoisotopic (exact) mass is 201 g/mol. The van der Waals surface area contributed by atoms with E-state index < -0.39 is 15.5 Å². The van der Waals surface area contributed by atoms with E-state index in [0.29, 0.717) is 0 Å². The van der Waals surface area contributed by atoms with E-state index >= 15 is 0 Å². The summed E-state index contributed by atoms with van der Waals surface area (Å²) < 4.78 is 0. The van der Waals surface area contributed by atoms with Crippen molar-refractivity contribution in [3.8, 4) is 0 Å². The first-order chi connectivity index (χ1) is 3.71. The molecule has 0 aliphatic carbocycles. The van der Waals surface area contributed by atoms with E-state index in [2.05, 4.69) is 39.3 Å². The van der Waals surface area contributed by atoms with E-state index in [-0.39, 0.29) is 29.6 Å². The maximum Gasteiger partial charge on any atom is 1.00 e. The van der Waals surface area contributed by atoms with Crippen LogP contribution in [0.3, 0.4) is 0 Å². The van der Waals surface area contributed by atoms with Crippen molar-refractivity contribution in [1.29, 1.82) is 0 Å². The van der Waals surface area contributed by atoms with E-state index in [0.717, 1.165) is 0 Å². The van der Waals surface area contributed by atoms with Gasteiger partial charge in [-0.25, -0.2) is 0 Å². The summed E-state index contributed by atoms with van der Waals surface area (Å²) in [5.41, 5.74) is 0. The summed E-state index contributed by atoms with van der Waals surface area (Å²) in [5, 5.41) is 0. The molecule has 0 aliphatic rings. The first kappa shape index (κ1) is 14.4. The Balaban J connectivity index is 0. The summed E-state index contributed by atoms with van der Waals surface area (Å²) in [5.74, 6) is 0. The van der Waals surface area contributed by atoms with Gasteiger partial charge in [0.25, 0.3) is 0 Å². The van der Waals surface area contributed by atoms with Gasteiger partial charge >= 0.3 is 29.6 Å². The predicted octanol–water partition coefficient (Wildman–Crippen LogP) is 0.339. The SMILES string of the molecule is C[Si](C)(C)P[Si](C)(C)C.[Na+]. The number of hydrogen-bond acceptors (Lipinski definition) is 0. The molecule has 0 atom stereocenters. The average molecular weight is 201 g/mol. The Labute approximate surface area is 91.4 Å². The third-order valence-corrected chi connectivity index (χ3v) is 20.2. The zero-order chi connectivity index (χ0) is 7.71. The Bertz CT molecular complexity index is 80.9. The first-order valence-corrected chi connectivity index (χ1v) is 13.5. The quantitative estimate of drug-likeness (QED) is 0.446. The molecule has 0 fully saturated rings. The molecular formula is C6H19NaPSi2+. The summed E-state index contributed by atoms with van der Waals surface area (Å²) in [6, 6.07) is 0. The van der Waals surface area contributed by atoms with Crippen LogP contribution in [0.1, 0.15) is 0 Å². The molecule has 0 saturated carbocycles. The normalized spacial score (nSPS) is 12.6. The maximum atomic E-state index is 2.48. The molecule has 0 aromatic carbocycles. The largest absolute Gasteiger partial charge is 1.00 e. The summed E-state index contributed by atoms with van der Waals surface area (Å²) in [6.45, 7) is 14.9. The summed E-state index contributed by atoms with van der Waals surface area (Å²) in [6.07, 6.45) is 0. The van der Waals surface area contributed by atoms with Gasteiger partial charge < -0.3 is 0 Å². The van der Waals surface area contributed by atoms with Crippen LogP contribution in [0.15, 0.2) is 0 Å². The van der Waals surface area contributed by atoms with Crippen LogP contribution in [-0.2, 0) is 0 Å². The first-order valence-electron chi connectivity index (χ1n) is 3.50. The summed E-state index contributed by atoms with van der Waals surface area (Å²) in [4.78, 5) is 0.